The summed E-state index contributed by atoms with van der Waals surface area (Å²) in [6.45, 7) is 0. The summed E-state index contributed by atoms with van der Waals surface area (Å²) in [5.41, 5.74) is 0. The molecule has 0 bridgehead atoms. The summed E-state index contributed by atoms with van der Waals surface area (Å²) >= 11 is 5.88. The molecule has 0 atom stereocenters. The molecule has 1 aromatic carbocycles. The van der Waals surface area contributed by atoms with Crippen molar-refractivity contribution in [3.8, 4) is 0 Å². The molecule has 2 rings (SSSR count). The standard InChI is InChI=1S/C14H20ClNO2S/c1-16(13-8-4-2-3-5-9-13)19(17,18)14-10-6-7-12(15)11-14/h6-7,10-11,13H,2-5,8-9H2,1H3. The van der Waals surface area contributed by atoms with Gasteiger partial charge in [0.25, 0.3) is 0 Å². The van der Waals surface area contributed by atoms with E-state index < -0.39 is 10.0 Å². The van der Waals surface area contributed by atoms with Crippen molar-refractivity contribution in [3.63, 3.8) is 0 Å². The molecule has 0 spiro atoms. The van der Waals surface area contributed by atoms with Gasteiger partial charge in [-0.15, -0.1) is 0 Å². The molecule has 3 nitrogen and oxygen atoms in total. The molecule has 19 heavy (non-hydrogen) atoms. The number of nitrogens with zero attached hydrogens (tertiary/aromatic N) is 1. The molecular weight excluding hydrogens is 282 g/mol. The van der Waals surface area contributed by atoms with E-state index in [0.717, 1.165) is 25.7 Å². The zero-order chi connectivity index (χ0) is 13.9. The van der Waals surface area contributed by atoms with Gasteiger partial charge in [-0.1, -0.05) is 43.4 Å². The van der Waals surface area contributed by atoms with Gasteiger partial charge in [-0.05, 0) is 31.0 Å². The van der Waals surface area contributed by atoms with Gasteiger partial charge in [0.1, 0.15) is 0 Å². The van der Waals surface area contributed by atoms with Gasteiger partial charge in [0.2, 0.25) is 10.0 Å². The lowest BCUT2D eigenvalue weighted by Crippen LogP contribution is -2.36. The van der Waals surface area contributed by atoms with Crippen LogP contribution in [0.3, 0.4) is 0 Å². The van der Waals surface area contributed by atoms with Crippen LogP contribution < -0.4 is 0 Å². The summed E-state index contributed by atoms with van der Waals surface area (Å²) in [6.07, 6.45) is 6.55. The predicted molar refractivity (Wildman–Crippen MR) is 77.9 cm³/mol. The fourth-order valence-corrected chi connectivity index (χ4v) is 4.33. The van der Waals surface area contributed by atoms with Crippen molar-refractivity contribution in [2.24, 2.45) is 0 Å². The first-order chi connectivity index (χ1) is 9.01. The highest BCUT2D eigenvalue weighted by atomic mass is 35.5. The van der Waals surface area contributed by atoms with Crippen LogP contribution in [0.4, 0.5) is 0 Å². The van der Waals surface area contributed by atoms with Crippen LogP contribution in [0, 0.1) is 0 Å². The van der Waals surface area contributed by atoms with E-state index in [1.807, 2.05) is 0 Å². The highest BCUT2D eigenvalue weighted by molar-refractivity contribution is 7.89. The predicted octanol–water partition coefficient (Wildman–Crippen LogP) is 3.68. The van der Waals surface area contributed by atoms with Gasteiger partial charge >= 0.3 is 0 Å². The Morgan fingerprint density at radius 1 is 1.16 bits per heavy atom. The Labute approximate surface area is 120 Å². The summed E-state index contributed by atoms with van der Waals surface area (Å²) in [6, 6.07) is 6.60. The van der Waals surface area contributed by atoms with Crippen LogP contribution in [0.1, 0.15) is 38.5 Å². The molecule has 0 amide bonds. The molecule has 0 aliphatic heterocycles. The average Bonchev–Trinajstić information content (AvgIpc) is 2.66. The summed E-state index contributed by atoms with van der Waals surface area (Å²) in [4.78, 5) is 0.284. The van der Waals surface area contributed by atoms with Crippen molar-refractivity contribution < 1.29 is 8.42 Å². The number of hydrogen-bond acceptors (Lipinski definition) is 2. The van der Waals surface area contributed by atoms with Crippen LogP contribution in [-0.4, -0.2) is 25.8 Å². The molecule has 0 radical (unpaired) electrons. The van der Waals surface area contributed by atoms with Gasteiger partial charge in [-0.25, -0.2) is 8.42 Å². The number of benzene rings is 1. The van der Waals surface area contributed by atoms with Gasteiger partial charge in [0.15, 0.2) is 0 Å². The molecule has 0 aromatic heterocycles. The number of sulfonamides is 1. The van der Waals surface area contributed by atoms with Crippen LogP contribution in [0.2, 0.25) is 5.02 Å². The zero-order valence-electron chi connectivity index (χ0n) is 11.2. The minimum absolute atomic E-state index is 0.117. The van der Waals surface area contributed by atoms with E-state index in [9.17, 15) is 8.42 Å². The van der Waals surface area contributed by atoms with E-state index in [0.29, 0.717) is 5.02 Å². The number of rotatable bonds is 3. The van der Waals surface area contributed by atoms with Crippen molar-refractivity contribution in [1.82, 2.24) is 4.31 Å². The van der Waals surface area contributed by atoms with Gasteiger partial charge in [-0.2, -0.15) is 4.31 Å². The first-order valence-electron chi connectivity index (χ1n) is 6.75. The van der Waals surface area contributed by atoms with E-state index in [1.54, 1.807) is 25.2 Å². The van der Waals surface area contributed by atoms with Crippen molar-refractivity contribution in [3.05, 3.63) is 29.3 Å². The van der Waals surface area contributed by atoms with Gasteiger partial charge in [0, 0.05) is 18.1 Å². The lowest BCUT2D eigenvalue weighted by molar-refractivity contribution is 0.335. The van der Waals surface area contributed by atoms with Crippen LogP contribution in [0.15, 0.2) is 29.2 Å². The smallest absolute Gasteiger partial charge is 0.207 e. The first-order valence-corrected chi connectivity index (χ1v) is 8.57. The summed E-state index contributed by atoms with van der Waals surface area (Å²) < 4.78 is 26.7. The fraction of sp³-hybridized carbons (Fsp3) is 0.571. The third-order valence-corrected chi connectivity index (χ3v) is 5.95. The molecule has 5 heteroatoms. The SMILES string of the molecule is CN(C1CCCCCC1)S(=O)(=O)c1cccc(Cl)c1. The largest absolute Gasteiger partial charge is 0.243 e. The van der Waals surface area contributed by atoms with E-state index in [1.165, 1.54) is 23.2 Å². The minimum atomic E-state index is -3.43. The van der Waals surface area contributed by atoms with Gasteiger partial charge in [0.05, 0.1) is 4.90 Å². The van der Waals surface area contributed by atoms with E-state index >= 15 is 0 Å². The first kappa shape index (κ1) is 14.8. The maximum Gasteiger partial charge on any atom is 0.243 e. The topological polar surface area (TPSA) is 37.4 Å². The summed E-state index contributed by atoms with van der Waals surface area (Å²) in [7, 11) is -1.74. The minimum Gasteiger partial charge on any atom is -0.207 e. The second-order valence-electron chi connectivity index (χ2n) is 5.12. The number of hydrogen-bond donors (Lipinski definition) is 0. The molecule has 0 unspecified atom stereocenters. The van der Waals surface area contributed by atoms with Crippen LogP contribution in [-0.2, 0) is 10.0 Å². The Morgan fingerprint density at radius 3 is 2.37 bits per heavy atom. The maximum absolute atomic E-state index is 12.6. The molecule has 1 aliphatic rings. The second-order valence-corrected chi connectivity index (χ2v) is 7.56. The van der Waals surface area contributed by atoms with E-state index in [-0.39, 0.29) is 10.9 Å². The highest BCUT2D eigenvalue weighted by Gasteiger charge is 2.28. The van der Waals surface area contributed by atoms with Crippen LogP contribution in [0.5, 0.6) is 0 Å². The lowest BCUT2D eigenvalue weighted by Gasteiger charge is -2.26. The molecule has 1 aromatic rings. The Hall–Kier alpha value is -0.580. The third kappa shape index (κ3) is 3.50. The molecule has 1 saturated carbocycles. The molecule has 0 saturated heterocycles. The maximum atomic E-state index is 12.6. The number of halogens is 1. The summed E-state index contributed by atoms with van der Waals surface area (Å²) in [5, 5.41) is 0.454. The normalized spacial score (nSPS) is 18.5. The Kier molecular flexibility index (Phi) is 4.87. The second kappa shape index (κ2) is 6.25. The van der Waals surface area contributed by atoms with E-state index in [4.69, 9.17) is 11.6 Å². The summed E-state index contributed by atoms with van der Waals surface area (Å²) in [5.74, 6) is 0. The zero-order valence-corrected chi connectivity index (χ0v) is 12.8. The lowest BCUT2D eigenvalue weighted by atomic mass is 10.1. The van der Waals surface area contributed by atoms with Gasteiger partial charge in [-0.3, -0.25) is 0 Å². The van der Waals surface area contributed by atoms with Crippen LogP contribution >= 0.6 is 11.6 Å². The van der Waals surface area contributed by atoms with Crippen LogP contribution in [0.25, 0.3) is 0 Å². The molecule has 1 fully saturated rings. The molecular formula is C14H20ClNO2S. The van der Waals surface area contributed by atoms with Crippen molar-refractivity contribution >= 4 is 21.6 Å². The monoisotopic (exact) mass is 301 g/mol. The Morgan fingerprint density at radius 2 is 1.79 bits per heavy atom. The van der Waals surface area contributed by atoms with Crippen molar-refractivity contribution in [2.75, 3.05) is 7.05 Å². The highest BCUT2D eigenvalue weighted by Crippen LogP contribution is 2.26. The van der Waals surface area contributed by atoms with E-state index in [2.05, 4.69) is 0 Å². The molecule has 1 aliphatic carbocycles. The molecule has 0 N–H and O–H groups in total. The van der Waals surface area contributed by atoms with Crippen molar-refractivity contribution in [2.45, 2.75) is 49.5 Å². The Bertz CT molecular complexity index is 522. The molecule has 106 valence electrons. The third-order valence-electron chi connectivity index (χ3n) is 3.81. The quantitative estimate of drug-likeness (QED) is 0.799. The average molecular weight is 302 g/mol. The van der Waals surface area contributed by atoms with Gasteiger partial charge < -0.3 is 0 Å². The molecule has 0 heterocycles. The van der Waals surface area contributed by atoms with Crippen molar-refractivity contribution in [1.29, 1.82) is 0 Å². The Balaban J connectivity index is 2.23. The fourth-order valence-electron chi connectivity index (χ4n) is 2.61.